The Hall–Kier alpha value is -1.25. The molecule has 2 heterocycles. The van der Waals surface area contributed by atoms with Gasteiger partial charge in [0, 0.05) is 18.2 Å². The van der Waals surface area contributed by atoms with Crippen molar-refractivity contribution in [2.45, 2.75) is 85.3 Å². The van der Waals surface area contributed by atoms with Crippen LogP contribution in [0.5, 0.6) is 0 Å². The van der Waals surface area contributed by atoms with Crippen LogP contribution in [0.1, 0.15) is 66.2 Å². The van der Waals surface area contributed by atoms with Crippen molar-refractivity contribution in [3.8, 4) is 0 Å². The molecule has 2 rings (SSSR count). The summed E-state index contributed by atoms with van der Waals surface area (Å²) in [7, 11) is -4.32. The molecule has 1 aromatic heterocycles. The predicted molar refractivity (Wildman–Crippen MR) is 106 cm³/mol. The Morgan fingerprint density at radius 1 is 1.36 bits per heavy atom. The summed E-state index contributed by atoms with van der Waals surface area (Å²) < 4.78 is 30.5. The van der Waals surface area contributed by atoms with Gasteiger partial charge in [0.25, 0.3) is 0 Å². The van der Waals surface area contributed by atoms with Crippen molar-refractivity contribution in [3.63, 3.8) is 0 Å². The molecule has 0 radical (unpaired) electrons. The van der Waals surface area contributed by atoms with Crippen molar-refractivity contribution in [1.29, 1.82) is 0 Å². The smallest absolute Gasteiger partial charge is 0.383 e. The molecule has 1 aliphatic heterocycles. The predicted octanol–water partition coefficient (Wildman–Crippen LogP) is 3.16. The highest BCUT2D eigenvalue weighted by Crippen LogP contribution is 2.51. The second-order valence-electron chi connectivity index (χ2n) is 9.44. The summed E-state index contributed by atoms with van der Waals surface area (Å²) >= 11 is 0. The summed E-state index contributed by atoms with van der Waals surface area (Å²) in [5.41, 5.74) is 4.82. The third-order valence-corrected chi connectivity index (χ3v) is 5.45. The number of hydrogen-bond acceptors (Lipinski definition) is 7. The summed E-state index contributed by atoms with van der Waals surface area (Å²) in [6.07, 6.45) is 0.483. The number of anilines is 1. The van der Waals surface area contributed by atoms with E-state index in [0.717, 1.165) is 0 Å². The Balaban J connectivity index is 2.29. The number of aryl methyl sites for hydroxylation is 1. The van der Waals surface area contributed by atoms with Gasteiger partial charge in [0.1, 0.15) is 12.0 Å². The molecule has 10 heteroatoms. The number of hydrogen-bond donors (Lipinski definition) is 2. The second kappa shape index (κ2) is 7.88. The molecular weight excluding hydrogens is 385 g/mol. The highest BCUT2D eigenvalue weighted by atomic mass is 31.2. The minimum Gasteiger partial charge on any atom is -0.383 e. The molecule has 0 aliphatic carbocycles. The number of phosphoric ester groups is 1. The maximum atomic E-state index is 12.5. The molecular formula is C18H32N3O6P. The topological polar surface area (TPSA) is 126 Å². The first kappa shape index (κ1) is 23.0. The van der Waals surface area contributed by atoms with Crippen LogP contribution in [-0.2, 0) is 18.3 Å². The lowest BCUT2D eigenvalue weighted by atomic mass is 9.87. The Morgan fingerprint density at radius 2 is 1.96 bits per heavy atom. The fourth-order valence-electron chi connectivity index (χ4n) is 3.09. The molecule has 9 nitrogen and oxygen atoms in total. The van der Waals surface area contributed by atoms with Crippen molar-refractivity contribution in [2.24, 2.45) is 5.41 Å². The third kappa shape index (κ3) is 6.39. The van der Waals surface area contributed by atoms with Crippen LogP contribution in [0.4, 0.5) is 5.82 Å². The lowest BCUT2D eigenvalue weighted by Gasteiger charge is -2.29. The van der Waals surface area contributed by atoms with Crippen molar-refractivity contribution in [3.05, 3.63) is 22.2 Å². The van der Waals surface area contributed by atoms with Crippen LogP contribution in [0.15, 0.2) is 11.0 Å². The molecule has 0 saturated carbocycles. The van der Waals surface area contributed by atoms with E-state index in [4.69, 9.17) is 19.5 Å². The Kier molecular flexibility index (Phi) is 6.48. The van der Waals surface area contributed by atoms with E-state index in [1.165, 1.54) is 4.57 Å². The van der Waals surface area contributed by atoms with E-state index in [0.29, 0.717) is 12.0 Å². The van der Waals surface area contributed by atoms with E-state index in [-0.39, 0.29) is 17.7 Å². The molecule has 4 atom stereocenters. The number of phosphoric acid groups is 1. The normalized spacial score (nSPS) is 25.6. The van der Waals surface area contributed by atoms with Gasteiger partial charge >= 0.3 is 13.5 Å². The molecule has 0 amide bonds. The summed E-state index contributed by atoms with van der Waals surface area (Å²) in [4.78, 5) is 26.3. The van der Waals surface area contributed by atoms with Gasteiger partial charge in [-0.2, -0.15) is 4.98 Å². The van der Waals surface area contributed by atoms with E-state index in [9.17, 15) is 14.3 Å². The highest BCUT2D eigenvalue weighted by Gasteiger charge is 2.44. The first-order valence-electron chi connectivity index (χ1n) is 9.29. The number of ether oxygens (including phenoxy) is 1. The molecule has 1 unspecified atom stereocenters. The van der Waals surface area contributed by atoms with E-state index in [1.54, 1.807) is 33.9 Å². The fraction of sp³-hybridized carbons (Fsp3) is 0.778. The Bertz CT molecular complexity index is 811. The average Bonchev–Trinajstić information content (AvgIpc) is 2.79. The van der Waals surface area contributed by atoms with Crippen molar-refractivity contribution in [2.75, 3.05) is 5.73 Å². The molecule has 0 bridgehead atoms. The van der Waals surface area contributed by atoms with Crippen LogP contribution in [0.3, 0.4) is 0 Å². The molecule has 0 spiro atoms. The molecule has 1 saturated heterocycles. The van der Waals surface area contributed by atoms with Crippen LogP contribution in [0, 0.1) is 12.3 Å². The summed E-state index contributed by atoms with van der Waals surface area (Å²) in [5.74, 6) is 0.164. The van der Waals surface area contributed by atoms with Gasteiger partial charge in [-0.3, -0.25) is 13.6 Å². The molecule has 1 fully saturated rings. The SMILES string of the molecule is Cc1cn([C@H]2C[C@@H](OP(=O)(O)OC(C)(C)C)[C@@H](CC(C)(C)C)O2)c(=O)nc1N. The first-order valence-corrected chi connectivity index (χ1v) is 10.8. The zero-order valence-electron chi connectivity index (χ0n) is 17.6. The quantitative estimate of drug-likeness (QED) is 0.700. The molecule has 28 heavy (non-hydrogen) atoms. The Morgan fingerprint density at radius 3 is 2.50 bits per heavy atom. The van der Waals surface area contributed by atoms with Gasteiger partial charge in [0.2, 0.25) is 0 Å². The van der Waals surface area contributed by atoms with Crippen LogP contribution >= 0.6 is 7.82 Å². The van der Waals surface area contributed by atoms with Crippen LogP contribution in [0.2, 0.25) is 0 Å². The fourth-order valence-corrected chi connectivity index (χ4v) is 4.39. The van der Waals surface area contributed by atoms with Gasteiger partial charge in [-0.1, -0.05) is 20.8 Å². The maximum Gasteiger partial charge on any atom is 0.473 e. The molecule has 1 aromatic rings. The van der Waals surface area contributed by atoms with E-state index < -0.39 is 37.5 Å². The lowest BCUT2D eigenvalue weighted by Crippen LogP contribution is -2.30. The summed E-state index contributed by atoms with van der Waals surface area (Å²) in [6.45, 7) is 12.9. The molecule has 0 aromatic carbocycles. The molecule has 1 aliphatic rings. The summed E-state index contributed by atoms with van der Waals surface area (Å²) in [5, 5.41) is 0. The van der Waals surface area contributed by atoms with Crippen molar-refractivity contribution < 1.29 is 23.2 Å². The highest BCUT2D eigenvalue weighted by molar-refractivity contribution is 7.47. The summed E-state index contributed by atoms with van der Waals surface area (Å²) in [6, 6.07) is 0. The van der Waals surface area contributed by atoms with Gasteiger partial charge in [-0.25, -0.2) is 9.36 Å². The third-order valence-electron chi connectivity index (χ3n) is 4.14. The van der Waals surface area contributed by atoms with Crippen molar-refractivity contribution in [1.82, 2.24) is 9.55 Å². The largest absolute Gasteiger partial charge is 0.473 e. The van der Waals surface area contributed by atoms with Crippen molar-refractivity contribution >= 4 is 13.6 Å². The standard InChI is InChI=1S/C18H32N3O6P/c1-11-10-21(16(22)20-15(11)19)14-8-12(13(25-14)9-17(2,3)4)26-28(23,24)27-18(5,6)7/h10,12-14H,8-9H2,1-7H3,(H,23,24)(H2,19,20,22)/t12-,13-,14-/m1/s1. The number of nitrogens with two attached hydrogens (primary N) is 1. The lowest BCUT2D eigenvalue weighted by molar-refractivity contribution is -0.0426. The van der Waals surface area contributed by atoms with Gasteiger partial charge < -0.3 is 15.4 Å². The van der Waals surface area contributed by atoms with Crippen LogP contribution < -0.4 is 11.4 Å². The number of nitrogens with zero attached hydrogens (tertiary/aromatic N) is 2. The number of nitrogen functional groups attached to an aromatic ring is 1. The zero-order valence-corrected chi connectivity index (χ0v) is 18.5. The van der Waals surface area contributed by atoms with Gasteiger partial charge in [0.15, 0.2) is 0 Å². The van der Waals surface area contributed by atoms with Crippen LogP contribution in [-0.4, -0.2) is 32.3 Å². The van der Waals surface area contributed by atoms with Gasteiger partial charge in [0.05, 0.1) is 17.8 Å². The monoisotopic (exact) mass is 417 g/mol. The second-order valence-corrected chi connectivity index (χ2v) is 10.8. The van der Waals surface area contributed by atoms with E-state index >= 15 is 0 Å². The maximum absolute atomic E-state index is 12.5. The zero-order chi connectivity index (χ0) is 21.5. The first-order chi connectivity index (χ1) is 12.6. The van der Waals surface area contributed by atoms with Crippen LogP contribution in [0.25, 0.3) is 0 Å². The Labute approximate surface area is 165 Å². The average molecular weight is 417 g/mol. The van der Waals surface area contributed by atoms with E-state index in [2.05, 4.69) is 4.98 Å². The van der Waals surface area contributed by atoms with E-state index in [1.807, 2.05) is 20.8 Å². The minimum absolute atomic E-state index is 0.119. The van der Waals surface area contributed by atoms with Gasteiger partial charge in [-0.15, -0.1) is 0 Å². The number of aromatic nitrogens is 2. The molecule has 3 N–H and O–H groups in total. The minimum atomic E-state index is -4.32. The molecule has 160 valence electrons. The number of rotatable bonds is 5. The van der Waals surface area contributed by atoms with Gasteiger partial charge in [-0.05, 0) is 39.5 Å².